The van der Waals surface area contributed by atoms with Gasteiger partial charge in [-0.25, -0.2) is 0 Å². The maximum absolute atomic E-state index is 12.7. The molecule has 1 amide bonds. The summed E-state index contributed by atoms with van der Waals surface area (Å²) < 4.78 is 38.2. The Morgan fingerprint density at radius 1 is 1.40 bits per heavy atom. The van der Waals surface area contributed by atoms with Crippen molar-refractivity contribution in [2.45, 2.75) is 12.6 Å². The minimum Gasteiger partial charge on any atom is -0.550 e. The predicted octanol–water partition coefficient (Wildman–Crippen LogP) is 1.46. The Morgan fingerprint density at radius 2 is 2.05 bits per heavy atom. The van der Waals surface area contributed by atoms with Crippen LogP contribution in [0.5, 0.6) is 0 Å². The molecule has 0 spiro atoms. The third kappa shape index (κ3) is 2.72. The second-order valence-electron chi connectivity index (χ2n) is 4.39. The molecule has 0 radical (unpaired) electrons. The van der Waals surface area contributed by atoms with Crippen LogP contribution in [0.25, 0.3) is 0 Å². The van der Waals surface area contributed by atoms with Crippen molar-refractivity contribution in [2.75, 3.05) is 11.4 Å². The van der Waals surface area contributed by atoms with Gasteiger partial charge in [0, 0.05) is 30.5 Å². The van der Waals surface area contributed by atoms with Gasteiger partial charge in [-0.1, -0.05) is 11.6 Å². The molecular weight excluding hydrogens is 299 g/mol. The number of amides is 1. The normalized spacial score (nSPS) is 19.5. The van der Waals surface area contributed by atoms with Crippen molar-refractivity contribution in [2.24, 2.45) is 5.92 Å². The number of halogens is 4. The van der Waals surface area contributed by atoms with Crippen LogP contribution in [0.1, 0.15) is 12.0 Å². The lowest BCUT2D eigenvalue weighted by Crippen LogP contribution is -2.33. The number of carboxylic acid groups (broad SMARTS) is 1. The van der Waals surface area contributed by atoms with Gasteiger partial charge < -0.3 is 14.8 Å². The Kier molecular flexibility index (Phi) is 3.64. The summed E-state index contributed by atoms with van der Waals surface area (Å²) in [5, 5.41) is 10.2. The van der Waals surface area contributed by atoms with Gasteiger partial charge in [0.05, 0.1) is 10.6 Å². The molecule has 0 bridgehead atoms. The summed E-state index contributed by atoms with van der Waals surface area (Å²) in [5.41, 5.74) is -1.10. The lowest BCUT2D eigenvalue weighted by Gasteiger charge is -2.19. The summed E-state index contributed by atoms with van der Waals surface area (Å²) in [4.78, 5) is 23.4. The second-order valence-corrected chi connectivity index (χ2v) is 4.79. The first kappa shape index (κ1) is 14.6. The van der Waals surface area contributed by atoms with E-state index in [9.17, 15) is 27.9 Å². The Bertz CT molecular complexity index is 574. The van der Waals surface area contributed by atoms with Crippen molar-refractivity contribution in [3.05, 3.63) is 28.8 Å². The SMILES string of the molecule is O=C([O-])[C@H]1CC(=O)N(c2ccc(Cl)c(C(F)(F)F)c2)C1. The summed E-state index contributed by atoms with van der Waals surface area (Å²) in [6.45, 7) is -0.208. The second kappa shape index (κ2) is 4.97. The Hall–Kier alpha value is -1.76. The molecule has 0 aromatic heterocycles. The van der Waals surface area contributed by atoms with E-state index in [1.54, 1.807) is 0 Å². The average Bonchev–Trinajstić information content (AvgIpc) is 2.71. The number of carbonyl (C=O) groups is 2. The number of alkyl halides is 3. The van der Waals surface area contributed by atoms with E-state index in [0.29, 0.717) is 0 Å². The van der Waals surface area contributed by atoms with Crippen molar-refractivity contribution in [3.8, 4) is 0 Å². The smallest absolute Gasteiger partial charge is 0.417 e. The molecule has 0 saturated carbocycles. The number of carbonyl (C=O) groups excluding carboxylic acids is 2. The number of benzene rings is 1. The molecule has 20 heavy (non-hydrogen) atoms. The van der Waals surface area contributed by atoms with E-state index < -0.39 is 34.6 Å². The summed E-state index contributed by atoms with van der Waals surface area (Å²) in [6.07, 6.45) is -4.93. The molecule has 1 aromatic rings. The first-order valence-electron chi connectivity index (χ1n) is 5.58. The zero-order valence-electron chi connectivity index (χ0n) is 9.91. The van der Waals surface area contributed by atoms with Gasteiger partial charge in [-0.3, -0.25) is 4.79 Å². The van der Waals surface area contributed by atoms with Gasteiger partial charge in [0.15, 0.2) is 0 Å². The van der Waals surface area contributed by atoms with Gasteiger partial charge >= 0.3 is 6.18 Å². The molecular formula is C12H8ClF3NO3-. The summed E-state index contributed by atoms with van der Waals surface area (Å²) in [5.74, 6) is -2.98. The molecule has 1 aromatic carbocycles. The number of hydrogen-bond donors (Lipinski definition) is 0. The highest BCUT2D eigenvalue weighted by atomic mass is 35.5. The first-order chi connectivity index (χ1) is 9.20. The van der Waals surface area contributed by atoms with E-state index in [2.05, 4.69) is 0 Å². The topological polar surface area (TPSA) is 60.4 Å². The van der Waals surface area contributed by atoms with Crippen LogP contribution in [-0.4, -0.2) is 18.4 Å². The zero-order valence-corrected chi connectivity index (χ0v) is 10.7. The molecule has 108 valence electrons. The summed E-state index contributed by atoms with van der Waals surface area (Å²) >= 11 is 5.48. The lowest BCUT2D eigenvalue weighted by molar-refractivity contribution is -0.310. The highest BCUT2D eigenvalue weighted by Gasteiger charge is 2.36. The summed E-state index contributed by atoms with van der Waals surface area (Å²) in [7, 11) is 0. The van der Waals surface area contributed by atoms with Crippen molar-refractivity contribution in [1.29, 1.82) is 0 Å². The van der Waals surface area contributed by atoms with Gasteiger partial charge in [-0.15, -0.1) is 0 Å². The van der Waals surface area contributed by atoms with E-state index in [0.717, 1.165) is 17.0 Å². The van der Waals surface area contributed by atoms with Crippen LogP contribution < -0.4 is 10.0 Å². The van der Waals surface area contributed by atoms with Gasteiger partial charge in [-0.05, 0) is 18.2 Å². The van der Waals surface area contributed by atoms with Crippen LogP contribution in [0.15, 0.2) is 18.2 Å². The van der Waals surface area contributed by atoms with E-state index >= 15 is 0 Å². The number of anilines is 1. The maximum Gasteiger partial charge on any atom is 0.417 e. The molecule has 0 aliphatic carbocycles. The molecule has 1 fully saturated rings. The maximum atomic E-state index is 12.7. The average molecular weight is 307 g/mol. The van der Waals surface area contributed by atoms with Crippen LogP contribution in [0.4, 0.5) is 18.9 Å². The first-order valence-corrected chi connectivity index (χ1v) is 5.96. The molecule has 1 heterocycles. The number of carboxylic acids is 1. The highest BCUT2D eigenvalue weighted by Crippen LogP contribution is 2.37. The van der Waals surface area contributed by atoms with Crippen molar-refractivity contribution < 1.29 is 27.9 Å². The summed E-state index contributed by atoms with van der Waals surface area (Å²) in [6, 6.07) is 3.00. The van der Waals surface area contributed by atoms with E-state index in [1.165, 1.54) is 6.07 Å². The molecule has 8 heteroatoms. The van der Waals surface area contributed by atoms with Crippen LogP contribution in [-0.2, 0) is 15.8 Å². The Labute approximate surface area is 116 Å². The highest BCUT2D eigenvalue weighted by molar-refractivity contribution is 6.31. The van der Waals surface area contributed by atoms with E-state index in [4.69, 9.17) is 11.6 Å². The molecule has 4 nitrogen and oxygen atoms in total. The Morgan fingerprint density at radius 3 is 2.55 bits per heavy atom. The number of nitrogens with zero attached hydrogens (tertiary/aromatic N) is 1. The van der Waals surface area contributed by atoms with Crippen molar-refractivity contribution >= 4 is 29.2 Å². The third-order valence-corrected chi connectivity index (χ3v) is 3.35. The minimum atomic E-state index is -4.65. The molecule has 2 rings (SSSR count). The van der Waals surface area contributed by atoms with Crippen LogP contribution in [0.2, 0.25) is 5.02 Å². The van der Waals surface area contributed by atoms with E-state index in [-0.39, 0.29) is 18.7 Å². The van der Waals surface area contributed by atoms with Crippen molar-refractivity contribution in [3.63, 3.8) is 0 Å². The number of hydrogen-bond acceptors (Lipinski definition) is 3. The van der Waals surface area contributed by atoms with Gasteiger partial charge in [0.1, 0.15) is 0 Å². The van der Waals surface area contributed by atoms with Gasteiger partial charge in [-0.2, -0.15) is 13.2 Å². The standard InChI is InChI=1S/C12H9ClF3NO3/c13-9-2-1-7(4-8(9)12(14,15)16)17-5-6(11(19)20)3-10(17)18/h1-2,4,6H,3,5H2,(H,19,20)/p-1/t6-/m0/s1. The quantitative estimate of drug-likeness (QED) is 0.831. The molecule has 1 aliphatic heterocycles. The molecule has 0 N–H and O–H groups in total. The van der Waals surface area contributed by atoms with Gasteiger partial charge in [0.2, 0.25) is 5.91 Å². The van der Waals surface area contributed by atoms with Crippen LogP contribution in [0.3, 0.4) is 0 Å². The lowest BCUT2D eigenvalue weighted by atomic mass is 10.1. The largest absolute Gasteiger partial charge is 0.550 e. The molecule has 0 unspecified atom stereocenters. The fraction of sp³-hybridized carbons (Fsp3) is 0.333. The molecule has 1 aliphatic rings. The predicted molar refractivity (Wildman–Crippen MR) is 61.9 cm³/mol. The number of aliphatic carboxylic acids is 1. The monoisotopic (exact) mass is 306 g/mol. The van der Waals surface area contributed by atoms with Crippen LogP contribution in [0, 0.1) is 5.92 Å². The van der Waals surface area contributed by atoms with E-state index in [1.807, 2.05) is 0 Å². The molecule has 1 atom stereocenters. The van der Waals surface area contributed by atoms with Gasteiger partial charge in [0.25, 0.3) is 0 Å². The zero-order chi connectivity index (χ0) is 15.1. The third-order valence-electron chi connectivity index (χ3n) is 3.03. The fourth-order valence-electron chi connectivity index (χ4n) is 2.01. The van der Waals surface area contributed by atoms with Crippen LogP contribution >= 0.6 is 11.6 Å². The fourth-order valence-corrected chi connectivity index (χ4v) is 2.24. The molecule has 1 saturated heterocycles. The minimum absolute atomic E-state index is 0.0320. The van der Waals surface area contributed by atoms with Crippen molar-refractivity contribution in [1.82, 2.24) is 0 Å². The Balaban J connectivity index is 2.35. The number of rotatable bonds is 2.